The number of carbonyl (C=O) groups is 2. The van der Waals surface area contributed by atoms with E-state index in [9.17, 15) is 9.59 Å². The van der Waals surface area contributed by atoms with E-state index in [1.54, 1.807) is 4.90 Å². The fraction of sp³-hybridized carbons (Fsp3) is 0.412. The first kappa shape index (κ1) is 18.2. The average molecular weight is 381 g/mol. The molecule has 6 nitrogen and oxygen atoms in total. The zero-order chi connectivity index (χ0) is 17.8. The van der Waals surface area contributed by atoms with E-state index in [0.29, 0.717) is 4.58 Å². The third-order valence-corrected chi connectivity index (χ3v) is 7.01. The van der Waals surface area contributed by atoms with Crippen LogP contribution in [-0.4, -0.2) is 51.0 Å². The van der Waals surface area contributed by atoms with E-state index in [2.05, 4.69) is 6.07 Å². The number of esters is 2. The first-order valence-electron chi connectivity index (χ1n) is 7.74. The number of hydrogen-bond acceptors (Lipinski definition) is 8. The number of ether oxygens (including phenoxy) is 3. The van der Waals surface area contributed by atoms with Gasteiger partial charge in [0, 0.05) is 17.2 Å². The van der Waals surface area contributed by atoms with Crippen molar-refractivity contribution < 1.29 is 23.8 Å². The molecule has 0 amide bonds. The van der Waals surface area contributed by atoms with Gasteiger partial charge in [0.25, 0.3) is 0 Å². The Bertz CT molecular complexity index is 700. The van der Waals surface area contributed by atoms with Crippen LogP contribution in [0.1, 0.15) is 10.1 Å². The minimum absolute atomic E-state index is 0.0155. The van der Waals surface area contributed by atoms with Gasteiger partial charge in [-0.25, -0.2) is 9.59 Å². The summed E-state index contributed by atoms with van der Waals surface area (Å²) in [5, 5.41) is 0. The molecule has 1 saturated heterocycles. The SMILES string of the molecule is COC(=O)C1=C(C(=O)OC)N(c2cccc(C3SCCS3)c2)COC1. The number of benzene rings is 1. The summed E-state index contributed by atoms with van der Waals surface area (Å²) in [7, 11) is 2.57. The van der Waals surface area contributed by atoms with Gasteiger partial charge >= 0.3 is 11.9 Å². The van der Waals surface area contributed by atoms with Gasteiger partial charge in [0.1, 0.15) is 12.4 Å². The van der Waals surface area contributed by atoms with Crippen molar-refractivity contribution in [3.8, 4) is 0 Å². The summed E-state index contributed by atoms with van der Waals surface area (Å²) in [6.45, 7) is 0.182. The Morgan fingerprint density at radius 3 is 2.56 bits per heavy atom. The van der Waals surface area contributed by atoms with Gasteiger partial charge in [0.05, 0.1) is 31.0 Å². The Morgan fingerprint density at radius 1 is 1.16 bits per heavy atom. The van der Waals surface area contributed by atoms with Crippen LogP contribution in [0.25, 0.3) is 0 Å². The van der Waals surface area contributed by atoms with E-state index in [-0.39, 0.29) is 24.6 Å². The van der Waals surface area contributed by atoms with Crippen molar-refractivity contribution in [1.82, 2.24) is 0 Å². The smallest absolute Gasteiger partial charge is 0.355 e. The average Bonchev–Trinajstić information content (AvgIpc) is 3.21. The summed E-state index contributed by atoms with van der Waals surface area (Å²) < 4.78 is 15.6. The number of methoxy groups -OCH3 is 2. The third kappa shape index (κ3) is 3.80. The lowest BCUT2D eigenvalue weighted by atomic mass is 10.1. The first-order valence-corrected chi connectivity index (χ1v) is 9.83. The molecular formula is C17H19NO5S2. The van der Waals surface area contributed by atoms with Crippen LogP contribution >= 0.6 is 23.5 Å². The zero-order valence-electron chi connectivity index (χ0n) is 14.0. The van der Waals surface area contributed by atoms with Crippen LogP contribution in [0.2, 0.25) is 0 Å². The second-order valence-corrected chi connectivity index (χ2v) is 8.11. The molecule has 0 N–H and O–H groups in total. The molecule has 1 fully saturated rings. The summed E-state index contributed by atoms with van der Waals surface area (Å²) in [6, 6.07) is 7.95. The highest BCUT2D eigenvalue weighted by atomic mass is 32.2. The van der Waals surface area contributed by atoms with Gasteiger partial charge in [-0.3, -0.25) is 0 Å². The van der Waals surface area contributed by atoms with Crippen LogP contribution in [0.15, 0.2) is 35.5 Å². The summed E-state index contributed by atoms with van der Waals surface area (Å²) in [5.41, 5.74) is 2.30. The van der Waals surface area contributed by atoms with Crippen molar-refractivity contribution in [3.05, 3.63) is 41.1 Å². The normalized spacial score (nSPS) is 18.4. The largest absolute Gasteiger partial charge is 0.466 e. The van der Waals surface area contributed by atoms with Crippen molar-refractivity contribution in [3.63, 3.8) is 0 Å². The fourth-order valence-corrected chi connectivity index (χ4v) is 5.58. The Hall–Kier alpha value is -1.64. The molecule has 1 aromatic rings. The van der Waals surface area contributed by atoms with Gasteiger partial charge in [-0.2, -0.15) is 0 Å². The maximum Gasteiger partial charge on any atom is 0.355 e. The van der Waals surface area contributed by atoms with E-state index < -0.39 is 11.9 Å². The predicted molar refractivity (Wildman–Crippen MR) is 98.5 cm³/mol. The molecule has 8 heteroatoms. The molecule has 134 valence electrons. The molecule has 1 aromatic carbocycles. The van der Waals surface area contributed by atoms with Crippen LogP contribution in [0, 0.1) is 0 Å². The van der Waals surface area contributed by atoms with Gasteiger partial charge in [0.2, 0.25) is 0 Å². The number of anilines is 1. The second kappa shape index (κ2) is 8.16. The molecule has 0 spiro atoms. The molecule has 2 heterocycles. The Labute approximate surface area is 154 Å². The standard InChI is InChI=1S/C17H19NO5S2/c1-21-15(19)13-9-23-10-18(14(13)16(20)22-2)12-5-3-4-11(8-12)17-24-6-7-25-17/h3-5,8,17H,6-7,9-10H2,1-2H3. The van der Waals surface area contributed by atoms with Gasteiger partial charge < -0.3 is 19.1 Å². The molecule has 0 bridgehead atoms. The fourth-order valence-electron chi connectivity index (χ4n) is 2.74. The zero-order valence-corrected chi connectivity index (χ0v) is 15.7. The van der Waals surface area contributed by atoms with Crippen LogP contribution < -0.4 is 4.90 Å². The molecule has 0 atom stereocenters. The highest BCUT2D eigenvalue weighted by molar-refractivity contribution is 8.19. The summed E-state index contributed by atoms with van der Waals surface area (Å²) in [5.74, 6) is 1.08. The maximum absolute atomic E-state index is 12.3. The van der Waals surface area contributed by atoms with Crippen molar-refractivity contribution in [2.24, 2.45) is 0 Å². The molecule has 0 unspecified atom stereocenters. The van der Waals surface area contributed by atoms with Gasteiger partial charge in [0.15, 0.2) is 0 Å². The van der Waals surface area contributed by atoms with Crippen molar-refractivity contribution in [2.75, 3.05) is 44.0 Å². The molecule has 2 aliphatic heterocycles. The highest BCUT2D eigenvalue weighted by Crippen LogP contribution is 2.46. The molecule has 2 aliphatic rings. The summed E-state index contributed by atoms with van der Waals surface area (Å²) >= 11 is 3.81. The van der Waals surface area contributed by atoms with Gasteiger partial charge in [-0.1, -0.05) is 12.1 Å². The van der Waals surface area contributed by atoms with Crippen molar-refractivity contribution in [2.45, 2.75) is 4.58 Å². The number of thioether (sulfide) groups is 2. The summed E-state index contributed by atoms with van der Waals surface area (Å²) in [6.07, 6.45) is 0. The van der Waals surface area contributed by atoms with E-state index in [1.807, 2.05) is 41.7 Å². The lowest BCUT2D eigenvalue weighted by Gasteiger charge is -2.31. The monoisotopic (exact) mass is 381 g/mol. The topological polar surface area (TPSA) is 65.1 Å². The quantitative estimate of drug-likeness (QED) is 0.738. The molecule has 3 rings (SSSR count). The Kier molecular flexibility index (Phi) is 5.93. The minimum Gasteiger partial charge on any atom is -0.466 e. The molecule has 0 aromatic heterocycles. The summed E-state index contributed by atoms with van der Waals surface area (Å²) in [4.78, 5) is 26.0. The Balaban J connectivity index is 2.00. The van der Waals surface area contributed by atoms with E-state index >= 15 is 0 Å². The van der Waals surface area contributed by atoms with Crippen LogP contribution in [0.4, 0.5) is 5.69 Å². The number of hydrogen-bond donors (Lipinski definition) is 0. The maximum atomic E-state index is 12.3. The number of carbonyl (C=O) groups excluding carboxylic acids is 2. The van der Waals surface area contributed by atoms with Crippen LogP contribution in [0.5, 0.6) is 0 Å². The van der Waals surface area contributed by atoms with E-state index in [1.165, 1.54) is 19.8 Å². The van der Waals surface area contributed by atoms with E-state index in [0.717, 1.165) is 17.2 Å². The van der Waals surface area contributed by atoms with E-state index in [4.69, 9.17) is 14.2 Å². The minimum atomic E-state index is -0.594. The molecule has 25 heavy (non-hydrogen) atoms. The van der Waals surface area contributed by atoms with Gasteiger partial charge in [-0.05, 0) is 17.7 Å². The highest BCUT2D eigenvalue weighted by Gasteiger charge is 2.32. The van der Waals surface area contributed by atoms with Crippen LogP contribution in [-0.2, 0) is 23.8 Å². The van der Waals surface area contributed by atoms with Crippen molar-refractivity contribution >= 4 is 41.1 Å². The lowest BCUT2D eigenvalue weighted by molar-refractivity contribution is -0.140. The lowest BCUT2D eigenvalue weighted by Crippen LogP contribution is -2.38. The van der Waals surface area contributed by atoms with Crippen molar-refractivity contribution in [1.29, 1.82) is 0 Å². The number of nitrogens with zero attached hydrogens (tertiary/aromatic N) is 1. The first-order chi connectivity index (χ1) is 12.2. The third-order valence-electron chi connectivity index (χ3n) is 3.91. The molecular weight excluding hydrogens is 362 g/mol. The Morgan fingerprint density at radius 2 is 1.88 bits per heavy atom. The molecule has 0 aliphatic carbocycles. The predicted octanol–water partition coefficient (Wildman–Crippen LogP) is 2.56. The molecule has 0 saturated carbocycles. The van der Waals surface area contributed by atoms with Crippen LogP contribution in [0.3, 0.4) is 0 Å². The number of rotatable bonds is 4. The second-order valence-electron chi connectivity index (χ2n) is 5.38. The van der Waals surface area contributed by atoms with Gasteiger partial charge in [-0.15, -0.1) is 23.5 Å². The molecule has 0 radical (unpaired) electrons.